The Balaban J connectivity index is 1.62. The first-order valence-corrected chi connectivity index (χ1v) is 12.6. The van der Waals surface area contributed by atoms with Gasteiger partial charge in [-0.2, -0.15) is 4.31 Å². The quantitative estimate of drug-likeness (QED) is 0.346. The number of amides is 1. The van der Waals surface area contributed by atoms with Crippen LogP contribution in [0.4, 0.5) is 17.1 Å². The van der Waals surface area contributed by atoms with E-state index in [1.165, 1.54) is 40.7 Å². The number of hydrogen-bond acceptors (Lipinski definition) is 8. The van der Waals surface area contributed by atoms with Crippen molar-refractivity contribution < 1.29 is 27.6 Å². The van der Waals surface area contributed by atoms with E-state index in [0.717, 1.165) is 0 Å². The van der Waals surface area contributed by atoms with Crippen LogP contribution in [0.15, 0.2) is 53.4 Å². The van der Waals surface area contributed by atoms with E-state index in [2.05, 4.69) is 5.32 Å². The third-order valence-corrected chi connectivity index (χ3v) is 7.63. The fourth-order valence-electron chi connectivity index (χ4n) is 3.93. The lowest BCUT2D eigenvalue weighted by Crippen LogP contribution is -2.40. The number of nitrogens with one attached hydrogen (secondary N) is 1. The first-order chi connectivity index (χ1) is 16.9. The summed E-state index contributed by atoms with van der Waals surface area (Å²) in [5.41, 5.74) is 1.16. The van der Waals surface area contributed by atoms with Crippen LogP contribution in [0.1, 0.15) is 5.56 Å². The highest BCUT2D eigenvalue weighted by Crippen LogP contribution is 2.31. The molecule has 2 aromatic rings. The standard InChI is InChI=1S/C23H26N4O7S/c28-23(8-5-18-3-1-2-4-21(18)27(29)30)24-20-17-19(35(31,32)26-11-15-34-16-12-26)6-7-22(20)25-9-13-33-14-10-25/h1-8,17H,9-16H2,(H,24,28)/b8-5+. The van der Waals surface area contributed by atoms with Gasteiger partial charge in [-0.25, -0.2) is 8.42 Å². The van der Waals surface area contributed by atoms with Crippen LogP contribution < -0.4 is 10.2 Å². The zero-order chi connectivity index (χ0) is 24.8. The number of nitro groups is 1. The minimum Gasteiger partial charge on any atom is -0.379 e. The Morgan fingerprint density at radius 1 is 1.00 bits per heavy atom. The van der Waals surface area contributed by atoms with Gasteiger partial charge in [0, 0.05) is 38.3 Å². The summed E-state index contributed by atoms with van der Waals surface area (Å²) in [6.07, 6.45) is 2.55. The second-order valence-corrected chi connectivity index (χ2v) is 9.87. The van der Waals surface area contributed by atoms with Gasteiger partial charge in [0.05, 0.1) is 53.2 Å². The van der Waals surface area contributed by atoms with Gasteiger partial charge >= 0.3 is 0 Å². The number of para-hydroxylation sites is 1. The molecule has 35 heavy (non-hydrogen) atoms. The lowest BCUT2D eigenvalue weighted by atomic mass is 10.1. The van der Waals surface area contributed by atoms with Crippen molar-refractivity contribution in [3.8, 4) is 0 Å². The molecule has 1 amide bonds. The van der Waals surface area contributed by atoms with Crippen molar-refractivity contribution in [3.63, 3.8) is 0 Å². The van der Waals surface area contributed by atoms with Gasteiger partial charge in [0.1, 0.15) is 0 Å². The van der Waals surface area contributed by atoms with Crippen LogP contribution >= 0.6 is 0 Å². The van der Waals surface area contributed by atoms with Crippen molar-refractivity contribution in [1.82, 2.24) is 4.31 Å². The SMILES string of the molecule is O=C(/C=C/c1ccccc1[N+](=O)[O-])Nc1cc(S(=O)(=O)N2CCOCC2)ccc1N1CCOCC1. The highest BCUT2D eigenvalue weighted by atomic mass is 32.2. The molecule has 2 aromatic carbocycles. The number of carbonyl (C=O) groups is 1. The Morgan fingerprint density at radius 2 is 1.66 bits per heavy atom. The second kappa shape index (κ2) is 11.0. The Labute approximate surface area is 203 Å². The average molecular weight is 503 g/mol. The molecule has 11 nitrogen and oxygen atoms in total. The van der Waals surface area contributed by atoms with Crippen LogP contribution in [0, 0.1) is 10.1 Å². The number of nitrogens with zero attached hydrogens (tertiary/aromatic N) is 3. The Morgan fingerprint density at radius 3 is 2.34 bits per heavy atom. The maximum absolute atomic E-state index is 13.2. The van der Waals surface area contributed by atoms with Gasteiger partial charge in [-0.05, 0) is 30.3 Å². The third kappa shape index (κ3) is 5.85. The minimum absolute atomic E-state index is 0.0642. The maximum Gasteiger partial charge on any atom is 0.276 e. The summed E-state index contributed by atoms with van der Waals surface area (Å²) in [6.45, 7) is 3.37. The van der Waals surface area contributed by atoms with E-state index < -0.39 is 20.9 Å². The number of nitro benzene ring substituents is 1. The second-order valence-electron chi connectivity index (χ2n) is 7.93. The number of sulfonamides is 1. The van der Waals surface area contributed by atoms with Crippen molar-refractivity contribution in [2.45, 2.75) is 4.90 Å². The molecule has 0 aromatic heterocycles. The number of carbonyl (C=O) groups excluding carboxylic acids is 1. The number of anilines is 2. The van der Waals surface area contributed by atoms with E-state index in [1.54, 1.807) is 18.2 Å². The van der Waals surface area contributed by atoms with Crippen molar-refractivity contribution in [3.05, 3.63) is 64.2 Å². The highest BCUT2D eigenvalue weighted by Gasteiger charge is 2.28. The molecule has 12 heteroatoms. The average Bonchev–Trinajstić information content (AvgIpc) is 2.88. The summed E-state index contributed by atoms with van der Waals surface area (Å²) in [5.74, 6) is -0.543. The molecule has 2 heterocycles. The molecule has 4 rings (SSSR count). The number of hydrogen-bond donors (Lipinski definition) is 1. The van der Waals surface area contributed by atoms with Gasteiger partial charge in [0.15, 0.2) is 0 Å². The van der Waals surface area contributed by atoms with Crippen LogP contribution in [-0.2, 0) is 24.3 Å². The lowest BCUT2D eigenvalue weighted by Gasteiger charge is -2.31. The zero-order valence-corrected chi connectivity index (χ0v) is 19.8. The molecule has 0 unspecified atom stereocenters. The predicted octanol–water partition coefficient (Wildman–Crippen LogP) is 2.10. The molecule has 2 fully saturated rings. The van der Waals surface area contributed by atoms with Gasteiger partial charge in [-0.3, -0.25) is 14.9 Å². The topological polar surface area (TPSA) is 131 Å². The highest BCUT2D eigenvalue weighted by molar-refractivity contribution is 7.89. The first-order valence-electron chi connectivity index (χ1n) is 11.1. The molecule has 1 N–H and O–H groups in total. The fraction of sp³-hybridized carbons (Fsp3) is 0.348. The van der Waals surface area contributed by atoms with Crippen molar-refractivity contribution in [2.75, 3.05) is 62.8 Å². The van der Waals surface area contributed by atoms with Gasteiger partial charge < -0.3 is 19.7 Å². The van der Waals surface area contributed by atoms with Crippen molar-refractivity contribution in [2.24, 2.45) is 0 Å². The summed E-state index contributed by atoms with van der Waals surface area (Å²) < 4.78 is 38.4. The van der Waals surface area contributed by atoms with E-state index >= 15 is 0 Å². The van der Waals surface area contributed by atoms with Crippen LogP contribution in [-0.4, -0.2) is 76.2 Å². The molecule has 0 aliphatic carbocycles. The van der Waals surface area contributed by atoms with E-state index in [-0.39, 0.29) is 29.2 Å². The summed E-state index contributed by atoms with van der Waals surface area (Å²) in [4.78, 5) is 25.6. The number of morpholine rings is 2. The van der Waals surface area contributed by atoms with Gasteiger partial charge in [0.2, 0.25) is 15.9 Å². The van der Waals surface area contributed by atoms with Gasteiger partial charge in [-0.1, -0.05) is 12.1 Å². The number of ether oxygens (including phenoxy) is 2. The molecule has 186 valence electrons. The molecule has 0 bridgehead atoms. The molecule has 2 aliphatic rings. The largest absolute Gasteiger partial charge is 0.379 e. The monoisotopic (exact) mass is 502 g/mol. The van der Waals surface area contributed by atoms with E-state index in [0.29, 0.717) is 50.9 Å². The van der Waals surface area contributed by atoms with Crippen molar-refractivity contribution >= 4 is 39.1 Å². The minimum atomic E-state index is -3.77. The summed E-state index contributed by atoms with van der Waals surface area (Å²) >= 11 is 0. The molecule has 0 saturated carbocycles. The van der Waals surface area contributed by atoms with Gasteiger partial charge in [-0.15, -0.1) is 0 Å². The Hall–Kier alpha value is -3.32. The fourth-order valence-corrected chi connectivity index (χ4v) is 5.36. The smallest absolute Gasteiger partial charge is 0.276 e. The van der Waals surface area contributed by atoms with E-state index in [1.807, 2.05) is 4.90 Å². The van der Waals surface area contributed by atoms with Gasteiger partial charge in [0.25, 0.3) is 5.69 Å². The maximum atomic E-state index is 13.2. The molecular weight excluding hydrogens is 476 g/mol. The first kappa shape index (κ1) is 24.8. The Kier molecular flexibility index (Phi) is 7.76. The van der Waals surface area contributed by atoms with E-state index in [4.69, 9.17) is 9.47 Å². The Bertz CT molecular complexity index is 1220. The van der Waals surface area contributed by atoms with Crippen molar-refractivity contribution in [1.29, 1.82) is 0 Å². The van der Waals surface area contributed by atoms with Crippen LogP contribution in [0.3, 0.4) is 0 Å². The molecule has 2 saturated heterocycles. The summed E-state index contributed by atoms with van der Waals surface area (Å²) in [6, 6.07) is 10.7. The van der Waals surface area contributed by atoms with E-state index in [9.17, 15) is 23.3 Å². The molecule has 0 atom stereocenters. The van der Waals surface area contributed by atoms with Crippen LogP contribution in [0.25, 0.3) is 6.08 Å². The molecule has 2 aliphatic heterocycles. The normalized spacial score (nSPS) is 17.4. The summed E-state index contributed by atoms with van der Waals surface area (Å²) in [7, 11) is -3.77. The molecular formula is C23H26N4O7S. The number of rotatable bonds is 7. The van der Waals surface area contributed by atoms with Crippen LogP contribution in [0.5, 0.6) is 0 Å². The lowest BCUT2D eigenvalue weighted by molar-refractivity contribution is -0.385. The zero-order valence-electron chi connectivity index (χ0n) is 19.0. The molecule has 0 spiro atoms. The predicted molar refractivity (Wildman–Crippen MR) is 130 cm³/mol. The molecule has 0 radical (unpaired) electrons. The summed E-state index contributed by atoms with van der Waals surface area (Å²) in [5, 5.41) is 14.0. The van der Waals surface area contributed by atoms with Crippen LogP contribution in [0.2, 0.25) is 0 Å². The third-order valence-electron chi connectivity index (χ3n) is 5.73. The number of benzene rings is 2.